The summed E-state index contributed by atoms with van der Waals surface area (Å²) in [5.41, 5.74) is 8.53. The van der Waals surface area contributed by atoms with E-state index in [1.165, 1.54) is 47.4 Å². The molecule has 11 rings (SSSR count). The molecule has 0 saturated heterocycles. The molecule has 3 aromatic heterocycles. The van der Waals surface area contributed by atoms with Crippen LogP contribution in [0.1, 0.15) is 0 Å². The summed E-state index contributed by atoms with van der Waals surface area (Å²) >= 11 is 1.84. The highest BCUT2D eigenvalue weighted by Gasteiger charge is 2.24. The van der Waals surface area contributed by atoms with Crippen molar-refractivity contribution in [3.05, 3.63) is 170 Å². The summed E-state index contributed by atoms with van der Waals surface area (Å²) in [4.78, 5) is 2.42. The van der Waals surface area contributed by atoms with Gasteiger partial charge in [-0.3, -0.25) is 0 Å². The smallest absolute Gasteiger partial charge is 0.159 e. The first-order valence-electron chi connectivity index (χ1n) is 16.9. The van der Waals surface area contributed by atoms with E-state index in [1.807, 2.05) is 11.3 Å². The molecule has 0 aliphatic rings. The van der Waals surface area contributed by atoms with Crippen molar-refractivity contribution in [2.75, 3.05) is 4.90 Å². The van der Waals surface area contributed by atoms with Crippen LogP contribution in [0.3, 0.4) is 0 Å². The zero-order valence-corrected chi connectivity index (χ0v) is 27.7. The molecule has 0 atom stereocenters. The third kappa shape index (κ3) is 3.91. The monoisotopic (exact) mass is 656 g/mol. The third-order valence-corrected chi connectivity index (χ3v) is 11.3. The highest BCUT2D eigenvalue weighted by atomic mass is 32.1. The Morgan fingerprint density at radius 3 is 2.04 bits per heavy atom. The van der Waals surface area contributed by atoms with Gasteiger partial charge in [-0.2, -0.15) is 0 Å². The zero-order chi connectivity index (χ0) is 32.8. The predicted octanol–water partition coefficient (Wildman–Crippen LogP) is 13.7. The summed E-state index contributed by atoms with van der Waals surface area (Å²) in [6, 6.07) is 61.2. The van der Waals surface area contributed by atoms with Crippen molar-refractivity contribution in [2.24, 2.45) is 0 Å². The summed E-state index contributed by atoms with van der Waals surface area (Å²) in [6.45, 7) is 0. The number of para-hydroxylation sites is 3. The Hall–Kier alpha value is -6.36. The van der Waals surface area contributed by atoms with E-state index >= 15 is 0 Å². The molecule has 8 aromatic carbocycles. The normalized spacial score (nSPS) is 12.0. The van der Waals surface area contributed by atoms with E-state index in [0.717, 1.165) is 50.1 Å². The Morgan fingerprint density at radius 2 is 1.12 bits per heavy atom. The fourth-order valence-electron chi connectivity index (χ4n) is 7.99. The number of benzene rings is 8. The van der Waals surface area contributed by atoms with Crippen molar-refractivity contribution < 1.29 is 4.42 Å². The average molecular weight is 657 g/mol. The van der Waals surface area contributed by atoms with Crippen molar-refractivity contribution >= 4 is 103 Å². The number of nitrogens with zero attached hydrogens (tertiary/aromatic N) is 2. The lowest BCUT2D eigenvalue weighted by Crippen LogP contribution is -2.10. The number of hydrogen-bond acceptors (Lipinski definition) is 3. The molecule has 0 aliphatic carbocycles. The van der Waals surface area contributed by atoms with Crippen molar-refractivity contribution in [3.8, 4) is 5.69 Å². The lowest BCUT2D eigenvalue weighted by molar-refractivity contribution is 0.673. The fraction of sp³-hybridized carbons (Fsp3) is 0. The first-order chi connectivity index (χ1) is 24.8. The standard InChI is InChI=1S/C46H28N2OS/c1-2-13-30(14-3-1)47-38-19-8-6-16-33(38)37-28-31(25-27-39(37)47)48(40-20-11-23-43-44(40)36-17-7-9-22-42(36)50-43)41-21-10-18-34-35-26-24-29-12-4-5-15-32(29)45(35)49-46(34)41/h1-28H. The minimum absolute atomic E-state index is 0.877. The number of fused-ring (bicyclic) bond motifs is 11. The summed E-state index contributed by atoms with van der Waals surface area (Å²) < 4.78 is 11.9. The van der Waals surface area contributed by atoms with Crippen LogP contribution in [0.5, 0.6) is 0 Å². The maximum atomic E-state index is 6.98. The van der Waals surface area contributed by atoms with Crippen LogP contribution in [0.4, 0.5) is 17.1 Å². The van der Waals surface area contributed by atoms with Gasteiger partial charge in [-0.05, 0) is 72.1 Å². The lowest BCUT2D eigenvalue weighted by atomic mass is 10.0. The molecular formula is C46H28N2OS. The van der Waals surface area contributed by atoms with Gasteiger partial charge >= 0.3 is 0 Å². The van der Waals surface area contributed by atoms with E-state index in [0.29, 0.717) is 0 Å². The van der Waals surface area contributed by atoms with Gasteiger partial charge in [0, 0.05) is 58.5 Å². The lowest BCUT2D eigenvalue weighted by Gasteiger charge is -2.26. The van der Waals surface area contributed by atoms with E-state index in [4.69, 9.17) is 4.42 Å². The summed E-state index contributed by atoms with van der Waals surface area (Å²) in [6.07, 6.45) is 0. The van der Waals surface area contributed by atoms with E-state index in [-0.39, 0.29) is 0 Å². The Bertz CT molecular complexity index is 3110. The molecule has 0 N–H and O–H groups in total. The molecule has 0 fully saturated rings. The van der Waals surface area contributed by atoms with Crippen molar-refractivity contribution in [3.63, 3.8) is 0 Å². The number of aromatic nitrogens is 1. The Labute approximate surface area is 291 Å². The van der Waals surface area contributed by atoms with Crippen LogP contribution in [-0.2, 0) is 0 Å². The van der Waals surface area contributed by atoms with Gasteiger partial charge in [0.2, 0.25) is 0 Å². The number of rotatable bonds is 4. The largest absolute Gasteiger partial charge is 0.453 e. The van der Waals surface area contributed by atoms with Gasteiger partial charge in [-0.25, -0.2) is 0 Å². The molecular weight excluding hydrogens is 629 g/mol. The SMILES string of the molecule is c1ccc(-n2c3ccccc3c3cc(N(c4cccc5c4oc4c6ccccc6ccc54)c4cccc5sc6ccccc6c45)ccc32)cc1. The Morgan fingerprint density at radius 1 is 0.440 bits per heavy atom. The summed E-state index contributed by atoms with van der Waals surface area (Å²) in [5, 5.41) is 9.47. The third-order valence-electron chi connectivity index (χ3n) is 10.2. The number of furan rings is 1. The second kappa shape index (κ2) is 10.6. The molecule has 0 saturated carbocycles. The highest BCUT2D eigenvalue weighted by molar-refractivity contribution is 7.26. The molecule has 0 bridgehead atoms. The second-order valence-corrected chi connectivity index (χ2v) is 14.0. The predicted molar refractivity (Wildman–Crippen MR) is 213 cm³/mol. The second-order valence-electron chi connectivity index (χ2n) is 12.9. The van der Waals surface area contributed by atoms with Gasteiger partial charge in [0.05, 0.1) is 22.4 Å². The van der Waals surface area contributed by atoms with Crippen LogP contribution >= 0.6 is 11.3 Å². The van der Waals surface area contributed by atoms with Crippen molar-refractivity contribution in [1.82, 2.24) is 4.57 Å². The van der Waals surface area contributed by atoms with Gasteiger partial charge in [-0.1, -0.05) is 103 Å². The van der Waals surface area contributed by atoms with Crippen LogP contribution in [0, 0.1) is 0 Å². The van der Waals surface area contributed by atoms with Crippen molar-refractivity contribution in [2.45, 2.75) is 0 Å². The van der Waals surface area contributed by atoms with Gasteiger partial charge < -0.3 is 13.9 Å². The molecule has 11 aromatic rings. The molecule has 0 spiro atoms. The zero-order valence-electron chi connectivity index (χ0n) is 26.9. The van der Waals surface area contributed by atoms with Crippen LogP contribution in [-0.4, -0.2) is 4.57 Å². The van der Waals surface area contributed by atoms with Gasteiger partial charge in [0.15, 0.2) is 5.58 Å². The first-order valence-corrected chi connectivity index (χ1v) is 17.8. The number of thiophene rings is 1. The summed E-state index contributed by atoms with van der Waals surface area (Å²) in [5.74, 6) is 0. The topological polar surface area (TPSA) is 21.3 Å². The highest BCUT2D eigenvalue weighted by Crippen LogP contribution is 2.49. The van der Waals surface area contributed by atoms with Crippen LogP contribution < -0.4 is 4.90 Å². The van der Waals surface area contributed by atoms with E-state index < -0.39 is 0 Å². The molecule has 0 unspecified atom stereocenters. The fourth-order valence-corrected chi connectivity index (χ4v) is 9.12. The molecule has 50 heavy (non-hydrogen) atoms. The quantitative estimate of drug-likeness (QED) is 0.188. The Balaban J connectivity index is 1.25. The minimum atomic E-state index is 0.877. The molecule has 0 aliphatic heterocycles. The number of anilines is 3. The van der Waals surface area contributed by atoms with Crippen LogP contribution in [0.25, 0.3) is 80.4 Å². The van der Waals surface area contributed by atoms with Gasteiger partial charge in [0.1, 0.15) is 5.58 Å². The maximum Gasteiger partial charge on any atom is 0.159 e. The van der Waals surface area contributed by atoms with Crippen LogP contribution in [0.2, 0.25) is 0 Å². The van der Waals surface area contributed by atoms with E-state index in [1.54, 1.807) is 0 Å². The van der Waals surface area contributed by atoms with E-state index in [2.05, 4.69) is 179 Å². The first kappa shape index (κ1) is 27.6. The Kier molecular flexibility index (Phi) is 5.83. The van der Waals surface area contributed by atoms with Gasteiger partial charge in [-0.15, -0.1) is 11.3 Å². The minimum Gasteiger partial charge on any atom is -0.453 e. The maximum absolute atomic E-state index is 6.98. The van der Waals surface area contributed by atoms with Crippen LogP contribution in [0.15, 0.2) is 174 Å². The molecule has 0 radical (unpaired) electrons. The molecule has 3 heterocycles. The van der Waals surface area contributed by atoms with Gasteiger partial charge in [0.25, 0.3) is 0 Å². The van der Waals surface area contributed by atoms with E-state index in [9.17, 15) is 0 Å². The molecule has 0 amide bonds. The molecule has 3 nitrogen and oxygen atoms in total. The average Bonchev–Trinajstić information content (AvgIpc) is 3.86. The summed E-state index contributed by atoms with van der Waals surface area (Å²) in [7, 11) is 0. The molecule has 234 valence electrons. The van der Waals surface area contributed by atoms with Crippen molar-refractivity contribution in [1.29, 1.82) is 0 Å². The number of hydrogen-bond donors (Lipinski definition) is 0. The molecule has 4 heteroatoms.